The first-order chi connectivity index (χ1) is 13.7. The minimum absolute atomic E-state index is 0.208. The van der Waals surface area contributed by atoms with Crippen molar-refractivity contribution in [3.8, 4) is 11.1 Å². The van der Waals surface area contributed by atoms with Gasteiger partial charge in [-0.15, -0.1) is 0 Å². The van der Waals surface area contributed by atoms with E-state index < -0.39 is 0 Å². The van der Waals surface area contributed by atoms with Gasteiger partial charge in [-0.1, -0.05) is 93.9 Å². The zero-order valence-corrected chi connectivity index (χ0v) is 16.7. The van der Waals surface area contributed by atoms with E-state index in [9.17, 15) is 0 Å². The van der Waals surface area contributed by atoms with Crippen LogP contribution in [0.25, 0.3) is 32.7 Å². The van der Waals surface area contributed by atoms with Crippen molar-refractivity contribution in [2.45, 2.75) is 18.0 Å². The Morgan fingerprint density at radius 3 is 1.54 bits per heavy atom. The molecule has 0 N–H and O–H groups in total. The zero-order chi connectivity index (χ0) is 18.8. The molecule has 28 heavy (non-hydrogen) atoms. The van der Waals surface area contributed by atoms with Gasteiger partial charge in [0.25, 0.3) is 0 Å². The topological polar surface area (TPSA) is 0 Å². The van der Waals surface area contributed by atoms with Crippen molar-refractivity contribution in [2.75, 3.05) is 0 Å². The molecule has 1 aliphatic carbocycles. The second-order valence-corrected chi connectivity index (χ2v) is 10.3. The van der Waals surface area contributed by atoms with E-state index >= 15 is 0 Å². The molecule has 0 bridgehead atoms. The van der Waals surface area contributed by atoms with E-state index in [0.717, 1.165) is 12.3 Å². The lowest BCUT2D eigenvalue weighted by Crippen LogP contribution is -1.92. The van der Waals surface area contributed by atoms with Crippen molar-refractivity contribution in [1.82, 2.24) is 0 Å². The Hall–Kier alpha value is -2.69. The van der Waals surface area contributed by atoms with E-state index in [4.69, 9.17) is 0 Å². The van der Waals surface area contributed by atoms with Crippen molar-refractivity contribution >= 4 is 29.5 Å². The maximum absolute atomic E-state index is 4.26. The summed E-state index contributed by atoms with van der Waals surface area (Å²) >= 11 is 0. The smallest absolute Gasteiger partial charge is 0.0291 e. The number of fused-ring (bicyclic) bond motifs is 7. The monoisotopic (exact) mass is 376 g/mol. The molecular weight excluding hydrogens is 355 g/mol. The van der Waals surface area contributed by atoms with Crippen molar-refractivity contribution in [3.05, 3.63) is 108 Å². The van der Waals surface area contributed by atoms with Gasteiger partial charge in [0.2, 0.25) is 0 Å². The van der Waals surface area contributed by atoms with Gasteiger partial charge in [-0.25, -0.2) is 0 Å². The van der Waals surface area contributed by atoms with Crippen LogP contribution in [0.5, 0.6) is 0 Å². The summed E-state index contributed by atoms with van der Waals surface area (Å²) in [4.78, 5) is 0. The van der Waals surface area contributed by atoms with Crippen molar-refractivity contribution < 1.29 is 0 Å². The largest absolute Gasteiger partial charge is 0.0946 e. The van der Waals surface area contributed by atoms with Crippen molar-refractivity contribution in [2.24, 2.45) is 0 Å². The third kappa shape index (κ3) is 2.28. The highest BCUT2D eigenvalue weighted by Crippen LogP contribution is 2.65. The second kappa shape index (κ2) is 5.90. The molecule has 1 fully saturated rings. The molecule has 4 aromatic carbocycles. The molecule has 0 atom stereocenters. The van der Waals surface area contributed by atoms with Crippen LogP contribution in [-0.2, 0) is 12.3 Å². The molecule has 4 aromatic rings. The maximum Gasteiger partial charge on any atom is 0.0291 e. The van der Waals surface area contributed by atoms with Gasteiger partial charge in [-0.2, -0.15) is 0 Å². The Morgan fingerprint density at radius 2 is 1.07 bits per heavy atom. The lowest BCUT2D eigenvalue weighted by molar-refractivity contribution is 1.35. The van der Waals surface area contributed by atoms with Crippen LogP contribution in [-0.4, -0.2) is 5.66 Å². The predicted octanol–water partition coefficient (Wildman–Crippen LogP) is 7.65. The third-order valence-electron chi connectivity index (χ3n) is 6.38. The van der Waals surface area contributed by atoms with Gasteiger partial charge < -0.3 is 0 Å². The van der Waals surface area contributed by atoms with Gasteiger partial charge in [-0.05, 0) is 67.3 Å². The van der Waals surface area contributed by atoms with Gasteiger partial charge in [0.05, 0.1) is 0 Å². The molecule has 0 amide bonds. The summed E-state index contributed by atoms with van der Waals surface area (Å²) in [7, 11) is -0.208. The second-order valence-electron chi connectivity index (χ2n) is 8.00. The van der Waals surface area contributed by atoms with Gasteiger partial charge in [0.15, 0.2) is 0 Å². The molecule has 1 heteroatoms. The third-order valence-corrected chi connectivity index (χ3v) is 9.23. The van der Waals surface area contributed by atoms with E-state index in [0.29, 0.717) is 5.66 Å². The molecule has 134 valence electrons. The molecule has 0 radical (unpaired) electrons. The van der Waals surface area contributed by atoms with Gasteiger partial charge in [-0.3, -0.25) is 0 Å². The Labute approximate surface area is 167 Å². The fourth-order valence-electron chi connectivity index (χ4n) is 4.91. The SMILES string of the molecule is C=C1C(=C)C1P1Cc2ccc3ccccc3c2-c2c(ccc3ccccc23)C1. The minimum Gasteiger partial charge on any atom is -0.0946 e. The Kier molecular flexibility index (Phi) is 3.43. The Morgan fingerprint density at radius 1 is 0.607 bits per heavy atom. The fraction of sp³-hybridized carbons (Fsp3) is 0.111. The van der Waals surface area contributed by atoms with Crippen LogP contribution in [0.2, 0.25) is 0 Å². The lowest BCUT2D eigenvalue weighted by atomic mass is 9.88. The Balaban J connectivity index is 1.72. The molecule has 6 rings (SSSR count). The van der Waals surface area contributed by atoms with Crippen LogP contribution in [0.3, 0.4) is 0 Å². The molecule has 1 heterocycles. The highest BCUT2D eigenvalue weighted by Gasteiger charge is 2.41. The summed E-state index contributed by atoms with van der Waals surface area (Å²) in [5, 5.41) is 5.41. The summed E-state index contributed by atoms with van der Waals surface area (Å²) in [6.45, 7) is 8.53. The molecular formula is C27H21P. The van der Waals surface area contributed by atoms with Crippen LogP contribution in [0.15, 0.2) is 97.1 Å². The van der Waals surface area contributed by atoms with Gasteiger partial charge in [0, 0.05) is 5.66 Å². The highest BCUT2D eigenvalue weighted by molar-refractivity contribution is 7.58. The average Bonchev–Trinajstić information content (AvgIpc) is 3.37. The van der Waals surface area contributed by atoms with E-state index in [1.54, 1.807) is 0 Å². The summed E-state index contributed by atoms with van der Waals surface area (Å²) in [6, 6.07) is 27.0. The molecule has 1 saturated carbocycles. The molecule has 0 nitrogen and oxygen atoms in total. The molecule has 2 aliphatic rings. The van der Waals surface area contributed by atoms with E-state index in [-0.39, 0.29) is 7.92 Å². The minimum atomic E-state index is -0.208. The van der Waals surface area contributed by atoms with E-state index in [1.807, 2.05) is 0 Å². The summed E-state index contributed by atoms with van der Waals surface area (Å²) in [6.07, 6.45) is 2.31. The molecule has 0 spiro atoms. The van der Waals surface area contributed by atoms with Gasteiger partial charge in [0.1, 0.15) is 0 Å². The fourth-order valence-corrected chi connectivity index (χ4v) is 7.92. The summed E-state index contributed by atoms with van der Waals surface area (Å²) < 4.78 is 0. The number of benzene rings is 4. The first-order valence-electron chi connectivity index (χ1n) is 9.86. The first kappa shape index (κ1) is 16.3. The van der Waals surface area contributed by atoms with Crippen molar-refractivity contribution in [3.63, 3.8) is 0 Å². The first-order valence-corrected chi connectivity index (χ1v) is 11.6. The van der Waals surface area contributed by atoms with E-state index in [2.05, 4.69) is 86.0 Å². The van der Waals surface area contributed by atoms with Crippen LogP contribution >= 0.6 is 7.92 Å². The summed E-state index contributed by atoms with van der Waals surface area (Å²) in [5.41, 5.74) is 9.01. The van der Waals surface area contributed by atoms with Crippen molar-refractivity contribution in [1.29, 1.82) is 0 Å². The molecule has 1 aliphatic heterocycles. The number of hydrogen-bond donors (Lipinski definition) is 0. The van der Waals surface area contributed by atoms with Crippen LogP contribution in [0.1, 0.15) is 11.1 Å². The standard InChI is InChI=1S/C27H21P/c1-17-18(2)27(17)28-15-21-13-11-19-7-3-5-9-23(19)25(21)26-22(16-28)14-12-20-8-4-6-10-24(20)26/h3-14,27H,1-2,15-16H2. The highest BCUT2D eigenvalue weighted by atomic mass is 31.1. The Bertz CT molecular complexity index is 1210. The lowest BCUT2D eigenvalue weighted by Gasteiger charge is -2.15. The number of allylic oxidation sites excluding steroid dienone is 2. The van der Waals surface area contributed by atoms with E-state index in [1.165, 1.54) is 54.9 Å². The summed E-state index contributed by atoms with van der Waals surface area (Å²) in [5.74, 6) is 0. The number of rotatable bonds is 1. The quantitative estimate of drug-likeness (QED) is 0.299. The number of hydrogen-bond acceptors (Lipinski definition) is 0. The molecule has 0 unspecified atom stereocenters. The normalized spacial score (nSPS) is 16.9. The van der Waals surface area contributed by atoms with Crippen LogP contribution in [0, 0.1) is 0 Å². The van der Waals surface area contributed by atoms with Crippen LogP contribution in [0.4, 0.5) is 0 Å². The molecule has 0 saturated heterocycles. The zero-order valence-electron chi connectivity index (χ0n) is 15.8. The maximum atomic E-state index is 4.26. The molecule has 0 aromatic heterocycles. The van der Waals surface area contributed by atoms with Crippen LogP contribution < -0.4 is 0 Å². The predicted molar refractivity (Wildman–Crippen MR) is 123 cm³/mol. The average molecular weight is 376 g/mol. The van der Waals surface area contributed by atoms with Gasteiger partial charge >= 0.3 is 0 Å².